The number of likely N-dealkylation sites (tertiary alicyclic amines) is 1. The van der Waals surface area contributed by atoms with Crippen LogP contribution in [0.4, 0.5) is 0 Å². The maximum atomic E-state index is 5.74. The summed E-state index contributed by atoms with van der Waals surface area (Å²) in [7, 11) is 0. The molecule has 118 valence electrons. The van der Waals surface area contributed by atoms with Gasteiger partial charge in [-0.1, -0.05) is 18.2 Å². The van der Waals surface area contributed by atoms with Crippen LogP contribution in [0.1, 0.15) is 16.7 Å². The average Bonchev–Trinajstić information content (AvgIpc) is 3.21. The summed E-state index contributed by atoms with van der Waals surface area (Å²) in [6, 6.07) is 12.3. The molecule has 3 heterocycles. The Kier molecular flexibility index (Phi) is 4.08. The molecule has 3 aromatic rings. The summed E-state index contributed by atoms with van der Waals surface area (Å²) in [6.07, 6.45) is 3.87. The highest BCUT2D eigenvalue weighted by molar-refractivity contribution is 7.09. The van der Waals surface area contributed by atoms with Gasteiger partial charge < -0.3 is 4.74 Å². The lowest BCUT2D eigenvalue weighted by Crippen LogP contribution is -2.47. The van der Waals surface area contributed by atoms with E-state index in [0.29, 0.717) is 12.6 Å². The first-order valence-electron chi connectivity index (χ1n) is 7.69. The normalized spacial score (nSPS) is 15.5. The molecule has 6 heteroatoms. The predicted octanol–water partition coefficient (Wildman–Crippen LogP) is 2.98. The number of aromatic nitrogens is 3. The van der Waals surface area contributed by atoms with Crippen LogP contribution < -0.4 is 4.74 Å². The van der Waals surface area contributed by atoms with Gasteiger partial charge in [0.15, 0.2) is 0 Å². The maximum absolute atomic E-state index is 5.74. The molecule has 1 aliphatic heterocycles. The Morgan fingerprint density at radius 2 is 2.04 bits per heavy atom. The van der Waals surface area contributed by atoms with Gasteiger partial charge in [-0.3, -0.25) is 9.58 Å². The smallest absolute Gasteiger partial charge is 0.140 e. The molecule has 4 rings (SSSR count). The number of thiazole rings is 1. The van der Waals surface area contributed by atoms with Gasteiger partial charge in [0.1, 0.15) is 17.4 Å². The molecule has 2 aromatic heterocycles. The average molecular weight is 326 g/mol. The van der Waals surface area contributed by atoms with Crippen LogP contribution in [0.15, 0.2) is 54.2 Å². The molecular weight excluding hydrogens is 308 g/mol. The Bertz CT molecular complexity index is 735. The van der Waals surface area contributed by atoms with E-state index < -0.39 is 0 Å². The molecule has 0 spiro atoms. The van der Waals surface area contributed by atoms with Gasteiger partial charge in [-0.15, -0.1) is 11.3 Å². The highest BCUT2D eigenvalue weighted by Gasteiger charge is 2.28. The van der Waals surface area contributed by atoms with Crippen LogP contribution >= 0.6 is 11.3 Å². The minimum Gasteiger partial charge on any atom is -0.486 e. The first kappa shape index (κ1) is 14.4. The lowest BCUT2D eigenvalue weighted by molar-refractivity contribution is 0.0896. The van der Waals surface area contributed by atoms with Crippen LogP contribution in [-0.2, 0) is 13.2 Å². The minimum absolute atomic E-state index is 0.504. The summed E-state index contributed by atoms with van der Waals surface area (Å²) >= 11 is 1.66. The lowest BCUT2D eigenvalue weighted by Gasteiger charge is -2.38. The van der Waals surface area contributed by atoms with Crippen LogP contribution in [0, 0.1) is 0 Å². The summed E-state index contributed by atoms with van der Waals surface area (Å²) < 4.78 is 7.78. The largest absolute Gasteiger partial charge is 0.486 e. The second kappa shape index (κ2) is 6.52. The van der Waals surface area contributed by atoms with Crippen molar-refractivity contribution < 1.29 is 4.74 Å². The van der Waals surface area contributed by atoms with Crippen molar-refractivity contribution in [3.8, 4) is 5.75 Å². The quantitative estimate of drug-likeness (QED) is 0.698. The maximum Gasteiger partial charge on any atom is 0.140 e. The third-order valence-electron chi connectivity index (χ3n) is 3.93. The van der Waals surface area contributed by atoms with E-state index in [1.807, 2.05) is 53.5 Å². The van der Waals surface area contributed by atoms with Crippen molar-refractivity contribution in [3.63, 3.8) is 0 Å². The lowest BCUT2D eigenvalue weighted by atomic mass is 10.1. The predicted molar refractivity (Wildman–Crippen MR) is 89.4 cm³/mol. The second-order valence-electron chi connectivity index (χ2n) is 5.67. The van der Waals surface area contributed by atoms with Crippen molar-refractivity contribution in [3.05, 3.63) is 64.9 Å². The third kappa shape index (κ3) is 3.43. The molecule has 23 heavy (non-hydrogen) atoms. The Morgan fingerprint density at radius 1 is 1.17 bits per heavy atom. The zero-order valence-corrected chi connectivity index (χ0v) is 13.5. The van der Waals surface area contributed by atoms with Gasteiger partial charge in [0.25, 0.3) is 0 Å². The van der Waals surface area contributed by atoms with Gasteiger partial charge in [0.2, 0.25) is 0 Å². The van der Waals surface area contributed by atoms with E-state index in [0.717, 1.165) is 36.1 Å². The Balaban J connectivity index is 1.26. The zero-order chi connectivity index (χ0) is 15.5. The van der Waals surface area contributed by atoms with Crippen molar-refractivity contribution in [1.29, 1.82) is 0 Å². The molecule has 1 aromatic carbocycles. The molecule has 5 nitrogen and oxygen atoms in total. The van der Waals surface area contributed by atoms with Crippen LogP contribution in [0.2, 0.25) is 0 Å². The second-order valence-corrected chi connectivity index (χ2v) is 6.61. The standard InChI is InChI=1S/C17H18N4OS/c1-2-5-16(6-3-1)22-12-17-19-14(13-23-17)9-20-10-15(11-20)21-8-4-7-18-21/h1-8,13,15H,9-12H2. The fourth-order valence-corrected chi connectivity index (χ4v) is 3.41. The molecule has 0 atom stereocenters. The number of hydrogen-bond acceptors (Lipinski definition) is 5. The van der Waals surface area contributed by atoms with Gasteiger partial charge in [-0.05, 0) is 18.2 Å². The fourth-order valence-electron chi connectivity index (χ4n) is 2.71. The van der Waals surface area contributed by atoms with Gasteiger partial charge in [-0.2, -0.15) is 5.10 Å². The molecule has 1 fully saturated rings. The zero-order valence-electron chi connectivity index (χ0n) is 12.7. The van der Waals surface area contributed by atoms with Crippen LogP contribution in [0.5, 0.6) is 5.75 Å². The third-order valence-corrected chi connectivity index (χ3v) is 4.80. The summed E-state index contributed by atoms with van der Waals surface area (Å²) in [5.74, 6) is 0.883. The van der Waals surface area contributed by atoms with E-state index >= 15 is 0 Å². The van der Waals surface area contributed by atoms with Crippen molar-refractivity contribution in [1.82, 2.24) is 19.7 Å². The van der Waals surface area contributed by atoms with E-state index in [-0.39, 0.29) is 0 Å². The molecular formula is C17H18N4OS. The van der Waals surface area contributed by atoms with Crippen LogP contribution in [-0.4, -0.2) is 32.8 Å². The molecule has 1 aliphatic rings. The molecule has 0 radical (unpaired) electrons. The topological polar surface area (TPSA) is 43.2 Å². The number of hydrogen-bond donors (Lipinski definition) is 0. The van der Waals surface area contributed by atoms with Gasteiger partial charge in [0, 0.05) is 37.4 Å². The fraction of sp³-hybridized carbons (Fsp3) is 0.294. The Labute approximate surface area is 139 Å². The molecule has 0 N–H and O–H groups in total. The molecule has 0 amide bonds. The van der Waals surface area contributed by atoms with Gasteiger partial charge >= 0.3 is 0 Å². The summed E-state index contributed by atoms with van der Waals surface area (Å²) in [5.41, 5.74) is 1.13. The first-order valence-corrected chi connectivity index (χ1v) is 8.57. The van der Waals surface area contributed by atoms with Crippen LogP contribution in [0.25, 0.3) is 0 Å². The number of ether oxygens (including phenoxy) is 1. The monoisotopic (exact) mass is 326 g/mol. The summed E-state index contributed by atoms with van der Waals surface area (Å²) in [6.45, 7) is 3.51. The summed E-state index contributed by atoms with van der Waals surface area (Å²) in [4.78, 5) is 7.06. The highest BCUT2D eigenvalue weighted by atomic mass is 32.1. The van der Waals surface area contributed by atoms with E-state index in [4.69, 9.17) is 4.74 Å². The Hall–Kier alpha value is -2.18. The minimum atomic E-state index is 0.504. The van der Waals surface area contributed by atoms with E-state index in [1.54, 1.807) is 11.3 Å². The molecule has 0 bridgehead atoms. The van der Waals surface area contributed by atoms with Crippen molar-refractivity contribution in [2.75, 3.05) is 13.1 Å². The molecule has 0 aliphatic carbocycles. The molecule has 1 saturated heterocycles. The summed E-state index contributed by atoms with van der Waals surface area (Å²) in [5, 5.41) is 7.45. The van der Waals surface area contributed by atoms with Crippen LogP contribution in [0.3, 0.4) is 0 Å². The van der Waals surface area contributed by atoms with E-state index in [2.05, 4.69) is 20.4 Å². The van der Waals surface area contributed by atoms with Crippen molar-refractivity contribution in [2.45, 2.75) is 19.2 Å². The number of rotatable bonds is 6. The highest BCUT2D eigenvalue weighted by Crippen LogP contribution is 2.23. The SMILES string of the molecule is c1ccc(OCc2nc(CN3CC(n4cccn4)C3)cs2)cc1. The van der Waals surface area contributed by atoms with Crippen molar-refractivity contribution >= 4 is 11.3 Å². The van der Waals surface area contributed by atoms with E-state index in [1.165, 1.54) is 0 Å². The van der Waals surface area contributed by atoms with Crippen molar-refractivity contribution in [2.24, 2.45) is 0 Å². The molecule has 0 unspecified atom stereocenters. The van der Waals surface area contributed by atoms with E-state index in [9.17, 15) is 0 Å². The number of benzene rings is 1. The first-order chi connectivity index (χ1) is 11.4. The number of para-hydroxylation sites is 1. The van der Waals surface area contributed by atoms with Gasteiger partial charge in [0.05, 0.1) is 11.7 Å². The molecule has 0 saturated carbocycles. The number of nitrogens with zero attached hydrogens (tertiary/aromatic N) is 4. The Morgan fingerprint density at radius 3 is 2.83 bits per heavy atom. The van der Waals surface area contributed by atoms with Gasteiger partial charge in [-0.25, -0.2) is 4.98 Å².